The molecule has 6 nitrogen and oxygen atoms in total. The lowest BCUT2D eigenvalue weighted by Crippen LogP contribution is -2.14. The third-order valence-corrected chi connectivity index (χ3v) is 3.91. The molecule has 1 heterocycles. The van der Waals surface area contributed by atoms with Crippen molar-refractivity contribution in [1.82, 2.24) is 9.97 Å². The summed E-state index contributed by atoms with van der Waals surface area (Å²) in [6, 6.07) is 12.9. The van der Waals surface area contributed by atoms with Gasteiger partial charge in [0.15, 0.2) is 5.78 Å². The van der Waals surface area contributed by atoms with Crippen molar-refractivity contribution in [3.63, 3.8) is 0 Å². The third-order valence-electron chi connectivity index (χ3n) is 3.91. The Balaban J connectivity index is 1.70. The highest BCUT2D eigenvalue weighted by Gasteiger charge is 2.10. The van der Waals surface area contributed by atoms with Crippen molar-refractivity contribution in [3.8, 4) is 0 Å². The van der Waals surface area contributed by atoms with Gasteiger partial charge in [0.25, 0.3) is 5.91 Å². The molecule has 2 aromatic carbocycles. The number of aryl methyl sites for hydroxylation is 2. The van der Waals surface area contributed by atoms with Crippen molar-refractivity contribution < 1.29 is 9.59 Å². The van der Waals surface area contributed by atoms with E-state index in [9.17, 15) is 9.59 Å². The number of aromatic nitrogens is 2. The molecule has 1 amide bonds. The van der Waals surface area contributed by atoms with Gasteiger partial charge in [-0.25, -0.2) is 9.97 Å². The van der Waals surface area contributed by atoms with Crippen LogP contribution in [-0.2, 0) is 0 Å². The van der Waals surface area contributed by atoms with Crippen LogP contribution < -0.4 is 10.6 Å². The second-order valence-corrected chi connectivity index (χ2v) is 6.38. The highest BCUT2D eigenvalue weighted by atomic mass is 16.2. The summed E-state index contributed by atoms with van der Waals surface area (Å²) in [5.41, 5.74) is 4.47. The summed E-state index contributed by atoms with van der Waals surface area (Å²) in [7, 11) is 0. The smallest absolute Gasteiger partial charge is 0.275 e. The molecule has 6 heteroatoms. The molecule has 0 atom stereocenters. The number of rotatable bonds is 5. The fourth-order valence-corrected chi connectivity index (χ4v) is 2.72. The Hall–Kier alpha value is -3.54. The van der Waals surface area contributed by atoms with E-state index in [1.807, 2.05) is 26.0 Å². The molecule has 0 radical (unpaired) electrons. The van der Waals surface area contributed by atoms with Crippen molar-refractivity contribution in [3.05, 3.63) is 77.2 Å². The maximum Gasteiger partial charge on any atom is 0.275 e. The number of hydrogen-bond donors (Lipinski definition) is 2. The Bertz CT molecular complexity index is 977. The molecule has 0 saturated carbocycles. The molecule has 0 spiro atoms. The van der Waals surface area contributed by atoms with Crippen LogP contribution in [0.3, 0.4) is 0 Å². The highest BCUT2D eigenvalue weighted by Crippen LogP contribution is 2.18. The maximum absolute atomic E-state index is 12.3. The van der Waals surface area contributed by atoms with Gasteiger partial charge in [-0.2, -0.15) is 0 Å². The molecule has 3 aromatic rings. The van der Waals surface area contributed by atoms with E-state index in [1.54, 1.807) is 24.3 Å². The van der Waals surface area contributed by atoms with Crippen LogP contribution in [0, 0.1) is 13.8 Å². The van der Waals surface area contributed by atoms with Gasteiger partial charge < -0.3 is 10.6 Å². The molecule has 1 aromatic heterocycles. The van der Waals surface area contributed by atoms with E-state index in [-0.39, 0.29) is 17.4 Å². The minimum atomic E-state index is -0.388. The van der Waals surface area contributed by atoms with Crippen LogP contribution in [0.25, 0.3) is 0 Å². The number of carbonyl (C=O) groups excluding carboxylic acids is 2. The molecule has 0 unspecified atom stereocenters. The van der Waals surface area contributed by atoms with E-state index in [2.05, 4.69) is 26.7 Å². The predicted octanol–water partition coefficient (Wildman–Crippen LogP) is 4.29. The fraction of sp³-hybridized carbons (Fsp3) is 0.143. The summed E-state index contributed by atoms with van der Waals surface area (Å²) in [5.74, 6) is 0.101. The normalized spacial score (nSPS) is 10.3. The molecule has 0 aliphatic carbocycles. The topological polar surface area (TPSA) is 84.0 Å². The van der Waals surface area contributed by atoms with E-state index in [1.165, 1.54) is 19.3 Å². The summed E-state index contributed by atoms with van der Waals surface area (Å²) in [5, 5.41) is 5.90. The zero-order chi connectivity index (χ0) is 19.4. The van der Waals surface area contributed by atoms with Gasteiger partial charge in [0.05, 0.1) is 12.4 Å². The predicted molar refractivity (Wildman–Crippen MR) is 106 cm³/mol. The number of anilines is 3. The Kier molecular flexibility index (Phi) is 5.26. The van der Waals surface area contributed by atoms with E-state index >= 15 is 0 Å². The van der Waals surface area contributed by atoms with E-state index in [0.29, 0.717) is 17.1 Å². The summed E-state index contributed by atoms with van der Waals surface area (Å²) < 4.78 is 0. The van der Waals surface area contributed by atoms with Gasteiger partial charge in [-0.3, -0.25) is 9.59 Å². The lowest BCUT2D eigenvalue weighted by Gasteiger charge is -2.09. The van der Waals surface area contributed by atoms with E-state index in [4.69, 9.17) is 0 Å². The average Bonchev–Trinajstić information content (AvgIpc) is 2.61. The first-order valence-corrected chi connectivity index (χ1v) is 8.50. The second-order valence-electron chi connectivity index (χ2n) is 6.38. The third kappa shape index (κ3) is 4.76. The molecule has 0 bridgehead atoms. The van der Waals surface area contributed by atoms with E-state index in [0.717, 1.165) is 16.8 Å². The Morgan fingerprint density at radius 2 is 1.63 bits per heavy atom. The Morgan fingerprint density at radius 1 is 0.889 bits per heavy atom. The van der Waals surface area contributed by atoms with Gasteiger partial charge in [-0.1, -0.05) is 18.2 Å². The molecule has 0 saturated heterocycles. The monoisotopic (exact) mass is 360 g/mol. The largest absolute Gasteiger partial charge is 0.339 e. The average molecular weight is 360 g/mol. The number of ketones is 1. The molecular weight excluding hydrogens is 340 g/mol. The van der Waals surface area contributed by atoms with Crippen molar-refractivity contribution in [2.24, 2.45) is 0 Å². The van der Waals surface area contributed by atoms with Gasteiger partial charge in [-0.05, 0) is 56.2 Å². The number of hydrogen-bond acceptors (Lipinski definition) is 5. The standard InChI is InChI=1S/C21H20N4O2/c1-13-7-14(2)9-18(8-13)24-20-12-22-19(11-23-20)21(27)25-17-6-4-5-16(10-17)15(3)26/h4-12H,1-3H3,(H,23,24)(H,25,27). The number of nitrogens with zero attached hydrogens (tertiary/aromatic N) is 2. The summed E-state index contributed by atoms with van der Waals surface area (Å²) in [4.78, 5) is 32.2. The Morgan fingerprint density at radius 3 is 2.26 bits per heavy atom. The maximum atomic E-state index is 12.3. The first kappa shape index (κ1) is 18.3. The first-order valence-electron chi connectivity index (χ1n) is 8.50. The van der Waals surface area contributed by atoms with Crippen LogP contribution in [0.15, 0.2) is 54.9 Å². The van der Waals surface area contributed by atoms with Crippen molar-refractivity contribution in [1.29, 1.82) is 0 Å². The molecular formula is C21H20N4O2. The van der Waals surface area contributed by atoms with Crippen LogP contribution >= 0.6 is 0 Å². The lowest BCUT2D eigenvalue weighted by atomic mass is 10.1. The molecule has 0 aliphatic heterocycles. The van der Waals surface area contributed by atoms with Crippen molar-refractivity contribution in [2.45, 2.75) is 20.8 Å². The summed E-state index contributed by atoms with van der Waals surface area (Å²) in [6.07, 6.45) is 2.92. The van der Waals surface area contributed by atoms with Gasteiger partial charge in [0, 0.05) is 16.9 Å². The zero-order valence-electron chi connectivity index (χ0n) is 15.4. The molecule has 0 fully saturated rings. The molecule has 3 rings (SSSR count). The summed E-state index contributed by atoms with van der Waals surface area (Å²) >= 11 is 0. The minimum absolute atomic E-state index is 0.0623. The number of benzene rings is 2. The minimum Gasteiger partial charge on any atom is -0.339 e. The zero-order valence-corrected chi connectivity index (χ0v) is 15.4. The van der Waals surface area contributed by atoms with Crippen molar-refractivity contribution in [2.75, 3.05) is 10.6 Å². The van der Waals surface area contributed by atoms with Gasteiger partial charge >= 0.3 is 0 Å². The number of Topliss-reactive ketones (excluding diaryl/α,β-unsaturated/α-hetero) is 1. The Labute approximate surface area is 157 Å². The van der Waals surface area contributed by atoms with Crippen LogP contribution in [0.1, 0.15) is 38.9 Å². The van der Waals surface area contributed by atoms with Crippen molar-refractivity contribution >= 4 is 28.9 Å². The molecule has 136 valence electrons. The quantitative estimate of drug-likeness (QED) is 0.663. The van der Waals surface area contributed by atoms with Crippen LogP contribution in [-0.4, -0.2) is 21.7 Å². The van der Waals surface area contributed by atoms with Crippen LogP contribution in [0.4, 0.5) is 17.2 Å². The fourth-order valence-electron chi connectivity index (χ4n) is 2.72. The van der Waals surface area contributed by atoms with E-state index < -0.39 is 0 Å². The van der Waals surface area contributed by atoms with Gasteiger partial charge in [-0.15, -0.1) is 0 Å². The van der Waals surface area contributed by atoms with Gasteiger partial charge in [0.1, 0.15) is 11.5 Å². The SMILES string of the molecule is CC(=O)c1cccc(NC(=O)c2cnc(Nc3cc(C)cc(C)c3)cn2)c1. The molecule has 2 N–H and O–H groups in total. The number of carbonyl (C=O) groups is 2. The number of amides is 1. The van der Waals surface area contributed by atoms with Crippen LogP contribution in [0.5, 0.6) is 0 Å². The van der Waals surface area contributed by atoms with Crippen LogP contribution in [0.2, 0.25) is 0 Å². The molecule has 0 aliphatic rings. The van der Waals surface area contributed by atoms with Gasteiger partial charge in [0.2, 0.25) is 0 Å². The second kappa shape index (κ2) is 7.78. The molecule has 27 heavy (non-hydrogen) atoms. The lowest BCUT2D eigenvalue weighted by molar-refractivity contribution is 0.100. The first-order chi connectivity index (χ1) is 12.9. The highest BCUT2D eigenvalue weighted by molar-refractivity contribution is 6.03. The summed E-state index contributed by atoms with van der Waals surface area (Å²) in [6.45, 7) is 5.53. The number of nitrogens with one attached hydrogen (secondary N) is 2.